The Morgan fingerprint density at radius 1 is 1.08 bits per heavy atom. The largest absolute Gasteiger partial charge is 0.475 e. The maximum absolute atomic E-state index is 13.7. The molecule has 51 heavy (non-hydrogen) atoms. The van der Waals surface area contributed by atoms with Gasteiger partial charge in [0.15, 0.2) is 0 Å². The summed E-state index contributed by atoms with van der Waals surface area (Å²) in [7, 11) is -0.918. The topological polar surface area (TPSA) is 156 Å². The average Bonchev–Trinajstić information content (AvgIpc) is 3.54. The summed E-state index contributed by atoms with van der Waals surface area (Å²) >= 11 is 0. The van der Waals surface area contributed by atoms with Gasteiger partial charge in [0.1, 0.15) is 29.5 Å². The molecule has 4 aliphatic rings. The van der Waals surface area contributed by atoms with Crippen LogP contribution in [0.4, 0.5) is 11.6 Å². The standard InChI is InChI=1S/C37H46N10O3S/c1-5-31(48)47-18-17-46(20-26(47)10-13-38)35-28-12-16-45(36-34-30(41-23-42-36)9-7-19-51(34,39)49)21-29(28)33(32-24(2)11-14-40-25(32)3)37(43-35)50-22-27-8-6-15-44(27)4/h5,11,14,23,26-27,39H,1,6-10,12,15-22H2,2-4H3/t26-,27-,51?/m0/s1. The second-order valence-corrected chi connectivity index (χ2v) is 16.2. The van der Waals surface area contributed by atoms with Crippen LogP contribution in [0.25, 0.3) is 11.1 Å². The molecule has 4 aliphatic heterocycles. The molecule has 1 amide bonds. The van der Waals surface area contributed by atoms with Crippen molar-refractivity contribution in [3.8, 4) is 23.1 Å². The molecule has 0 spiro atoms. The van der Waals surface area contributed by atoms with Crippen molar-refractivity contribution >= 4 is 27.3 Å². The molecule has 0 saturated carbocycles. The van der Waals surface area contributed by atoms with Gasteiger partial charge in [0.25, 0.3) is 0 Å². The number of fused-ring (bicyclic) bond motifs is 2. The molecule has 2 saturated heterocycles. The molecule has 1 N–H and O–H groups in total. The Balaban J connectivity index is 1.40. The van der Waals surface area contributed by atoms with Crippen LogP contribution in [0.3, 0.4) is 0 Å². The van der Waals surface area contributed by atoms with Gasteiger partial charge in [-0.25, -0.2) is 19.0 Å². The third kappa shape index (κ3) is 6.53. The van der Waals surface area contributed by atoms with Crippen LogP contribution in [-0.4, -0.2) is 104 Å². The first-order valence-electron chi connectivity index (χ1n) is 17.8. The Morgan fingerprint density at radius 2 is 1.92 bits per heavy atom. The van der Waals surface area contributed by atoms with Gasteiger partial charge in [0, 0.05) is 67.5 Å². The molecule has 0 aliphatic carbocycles. The minimum atomic E-state index is -3.05. The maximum Gasteiger partial charge on any atom is 0.246 e. The number of nitrogens with zero attached hydrogens (tertiary/aromatic N) is 9. The second-order valence-electron chi connectivity index (χ2n) is 14.1. The van der Waals surface area contributed by atoms with Crippen molar-refractivity contribution in [3.63, 3.8) is 0 Å². The number of aromatic nitrogens is 4. The third-order valence-electron chi connectivity index (χ3n) is 10.9. The van der Waals surface area contributed by atoms with Crippen LogP contribution < -0.4 is 14.5 Å². The zero-order valence-corrected chi connectivity index (χ0v) is 30.5. The Morgan fingerprint density at radius 3 is 2.67 bits per heavy atom. The van der Waals surface area contributed by atoms with E-state index in [1.54, 1.807) is 4.90 Å². The van der Waals surface area contributed by atoms with Gasteiger partial charge in [0.05, 0.1) is 39.5 Å². The van der Waals surface area contributed by atoms with Crippen LogP contribution in [0, 0.1) is 30.0 Å². The van der Waals surface area contributed by atoms with E-state index in [-0.39, 0.29) is 24.4 Å². The normalized spacial score (nSPS) is 23.4. The molecule has 1 unspecified atom stereocenters. The van der Waals surface area contributed by atoms with E-state index in [0.717, 1.165) is 58.7 Å². The molecule has 7 rings (SSSR count). The molecule has 3 aromatic rings. The lowest BCUT2D eigenvalue weighted by Gasteiger charge is -2.43. The summed E-state index contributed by atoms with van der Waals surface area (Å²) < 4.78 is 29.3. The lowest BCUT2D eigenvalue weighted by molar-refractivity contribution is -0.128. The third-order valence-corrected chi connectivity index (χ3v) is 12.9. The van der Waals surface area contributed by atoms with Crippen LogP contribution in [0.15, 0.2) is 36.1 Å². The summed E-state index contributed by atoms with van der Waals surface area (Å²) in [5.74, 6) is 2.01. The van der Waals surface area contributed by atoms with Crippen molar-refractivity contribution in [2.45, 2.75) is 75.9 Å². The molecule has 0 bridgehead atoms. The first-order valence-corrected chi connectivity index (χ1v) is 19.6. The van der Waals surface area contributed by atoms with Gasteiger partial charge >= 0.3 is 0 Å². The van der Waals surface area contributed by atoms with Crippen LogP contribution in [0.2, 0.25) is 0 Å². The number of piperazine rings is 1. The van der Waals surface area contributed by atoms with Crippen molar-refractivity contribution < 1.29 is 13.7 Å². The average molecular weight is 711 g/mol. The summed E-state index contributed by atoms with van der Waals surface area (Å²) in [6.45, 7) is 11.7. The smallest absolute Gasteiger partial charge is 0.246 e. The molecule has 7 heterocycles. The van der Waals surface area contributed by atoms with Crippen molar-refractivity contribution in [2.24, 2.45) is 0 Å². The van der Waals surface area contributed by atoms with E-state index < -0.39 is 9.73 Å². The number of anilines is 2. The summed E-state index contributed by atoms with van der Waals surface area (Å²) in [5.41, 5.74) is 6.59. The van der Waals surface area contributed by atoms with Crippen molar-refractivity contribution in [3.05, 3.63) is 59.3 Å². The number of nitrogens with one attached hydrogen (secondary N) is 1. The van der Waals surface area contributed by atoms with Gasteiger partial charge < -0.3 is 24.3 Å². The number of amides is 1. The van der Waals surface area contributed by atoms with Crippen LogP contribution >= 0.6 is 0 Å². The molecule has 2 fully saturated rings. The number of carbonyl (C=O) groups excluding carboxylic acids is 1. The molecular formula is C37H46N10O3S. The molecule has 13 nitrogen and oxygen atoms in total. The molecule has 14 heteroatoms. The van der Waals surface area contributed by atoms with Gasteiger partial charge in [0.2, 0.25) is 11.8 Å². The summed E-state index contributed by atoms with van der Waals surface area (Å²) in [5, 5.41) is 9.72. The number of aryl methyl sites for hydroxylation is 3. The number of ether oxygens (including phenoxy) is 1. The number of rotatable bonds is 8. The fourth-order valence-corrected chi connectivity index (χ4v) is 10.0. The lowest BCUT2D eigenvalue weighted by Crippen LogP contribution is -2.55. The molecule has 3 aromatic heterocycles. The van der Waals surface area contributed by atoms with E-state index in [9.17, 15) is 14.3 Å². The Kier molecular flexibility index (Phi) is 9.69. The predicted octanol–water partition coefficient (Wildman–Crippen LogP) is 4.05. The first-order chi connectivity index (χ1) is 24.6. The molecular weight excluding hydrogens is 665 g/mol. The molecule has 3 atom stereocenters. The number of likely N-dealkylation sites (N-methyl/N-ethyl adjacent to an activating group) is 1. The van der Waals surface area contributed by atoms with Crippen molar-refractivity contribution in [2.75, 3.05) is 61.9 Å². The number of pyridine rings is 2. The zero-order valence-electron chi connectivity index (χ0n) is 29.7. The highest BCUT2D eigenvalue weighted by Crippen LogP contribution is 2.45. The summed E-state index contributed by atoms with van der Waals surface area (Å²) in [6.07, 6.45) is 8.98. The highest BCUT2D eigenvalue weighted by molar-refractivity contribution is 7.92. The Hall–Kier alpha value is -4.61. The van der Waals surface area contributed by atoms with E-state index in [0.29, 0.717) is 86.6 Å². The van der Waals surface area contributed by atoms with Gasteiger partial charge in [-0.15, -0.1) is 0 Å². The number of hydrogen-bond acceptors (Lipinski definition) is 12. The van der Waals surface area contributed by atoms with E-state index >= 15 is 0 Å². The second kappa shape index (κ2) is 14.2. The minimum absolute atomic E-state index is 0.178. The number of hydrogen-bond donors (Lipinski definition) is 1. The molecule has 0 aromatic carbocycles. The van der Waals surface area contributed by atoms with Crippen LogP contribution in [0.5, 0.6) is 5.88 Å². The van der Waals surface area contributed by atoms with E-state index in [2.05, 4.69) is 51.3 Å². The van der Waals surface area contributed by atoms with Gasteiger partial charge in [-0.3, -0.25) is 9.78 Å². The summed E-state index contributed by atoms with van der Waals surface area (Å²) in [6, 6.07) is 4.23. The molecule has 268 valence electrons. The highest BCUT2D eigenvalue weighted by atomic mass is 32.2. The maximum atomic E-state index is 13.7. The zero-order chi connectivity index (χ0) is 35.9. The van der Waals surface area contributed by atoms with E-state index in [1.807, 2.05) is 19.2 Å². The van der Waals surface area contributed by atoms with E-state index in [4.69, 9.17) is 19.5 Å². The monoisotopic (exact) mass is 710 g/mol. The highest BCUT2D eigenvalue weighted by Gasteiger charge is 2.37. The van der Waals surface area contributed by atoms with Crippen LogP contribution in [0.1, 0.15) is 53.8 Å². The number of nitriles is 1. The first kappa shape index (κ1) is 34.8. The lowest BCUT2D eigenvalue weighted by atomic mass is 9.89. The van der Waals surface area contributed by atoms with Gasteiger partial charge in [-0.05, 0) is 82.8 Å². The van der Waals surface area contributed by atoms with Gasteiger partial charge in [-0.1, -0.05) is 6.58 Å². The number of carbonyl (C=O) groups is 1. The Bertz CT molecular complexity index is 1990. The van der Waals surface area contributed by atoms with Crippen LogP contribution in [-0.2, 0) is 33.9 Å². The van der Waals surface area contributed by atoms with E-state index in [1.165, 1.54) is 12.4 Å². The fraction of sp³-hybridized carbons (Fsp3) is 0.514. The number of likely N-dealkylation sites (tertiary alicyclic amines) is 1. The molecule has 0 radical (unpaired) electrons. The quantitative estimate of drug-likeness (QED) is 0.337. The van der Waals surface area contributed by atoms with Crippen molar-refractivity contribution in [1.29, 1.82) is 10.0 Å². The minimum Gasteiger partial charge on any atom is -0.475 e. The predicted molar refractivity (Wildman–Crippen MR) is 195 cm³/mol. The van der Waals surface area contributed by atoms with Gasteiger partial charge in [-0.2, -0.15) is 10.2 Å². The fourth-order valence-electron chi connectivity index (χ4n) is 8.25. The summed E-state index contributed by atoms with van der Waals surface area (Å²) in [4.78, 5) is 40.9. The van der Waals surface area contributed by atoms with Crippen molar-refractivity contribution in [1.82, 2.24) is 29.7 Å². The SMILES string of the molecule is C=CC(=O)N1CCN(c2nc(OC[C@@H]3CCCN3C)c(-c3c(C)ccnc3C)c3c2CCN(c2ncnc4c2S(=N)(=O)CCC4)C3)C[C@@H]1CC#N. The Labute approximate surface area is 300 Å².